The van der Waals surface area contributed by atoms with Crippen molar-refractivity contribution in [3.63, 3.8) is 0 Å². The fourth-order valence-electron chi connectivity index (χ4n) is 1.91. The van der Waals surface area contributed by atoms with Crippen molar-refractivity contribution in [1.29, 1.82) is 5.26 Å². The Labute approximate surface area is 105 Å². The highest BCUT2D eigenvalue weighted by atomic mass is 16.5. The zero-order valence-electron chi connectivity index (χ0n) is 10.1. The maximum Gasteiger partial charge on any atom is 0.213 e. The number of benzene rings is 1. The van der Waals surface area contributed by atoms with Crippen LogP contribution in [0.2, 0.25) is 0 Å². The van der Waals surface area contributed by atoms with Crippen LogP contribution in [0.15, 0.2) is 36.7 Å². The van der Waals surface area contributed by atoms with Crippen LogP contribution in [0.5, 0.6) is 5.75 Å². The number of nitriles is 1. The minimum atomic E-state index is -0.114. The quantitative estimate of drug-likeness (QED) is 0.877. The fraction of sp³-hybridized carbons (Fsp3) is 0.231. The molecule has 2 rings (SSSR count). The average molecular weight is 242 g/mol. The molecule has 92 valence electrons. The van der Waals surface area contributed by atoms with Gasteiger partial charge in [0.15, 0.2) is 0 Å². The Morgan fingerprint density at radius 1 is 1.56 bits per heavy atom. The summed E-state index contributed by atoms with van der Waals surface area (Å²) in [5.41, 5.74) is 6.80. The minimum absolute atomic E-state index is 0.114. The van der Waals surface area contributed by atoms with Crippen molar-refractivity contribution in [1.82, 2.24) is 9.55 Å². The zero-order valence-corrected chi connectivity index (χ0v) is 10.1. The largest absolute Gasteiger partial charge is 0.497 e. The van der Waals surface area contributed by atoms with Gasteiger partial charge in [0.1, 0.15) is 11.8 Å². The van der Waals surface area contributed by atoms with Gasteiger partial charge in [-0.15, -0.1) is 0 Å². The lowest BCUT2D eigenvalue weighted by Gasteiger charge is -2.18. The highest BCUT2D eigenvalue weighted by Gasteiger charge is 2.15. The molecular formula is C13H14N4O. The number of hydrogen-bond donors (Lipinski definition) is 1. The number of aromatic nitrogens is 2. The molecule has 0 amide bonds. The van der Waals surface area contributed by atoms with E-state index < -0.39 is 0 Å². The number of methoxy groups -OCH3 is 1. The lowest BCUT2D eigenvalue weighted by molar-refractivity contribution is 0.413. The summed E-state index contributed by atoms with van der Waals surface area (Å²) in [4.78, 5) is 3.99. The van der Waals surface area contributed by atoms with E-state index in [2.05, 4.69) is 11.1 Å². The lowest BCUT2D eigenvalue weighted by Crippen LogP contribution is -2.21. The topological polar surface area (TPSA) is 76.9 Å². The Kier molecular flexibility index (Phi) is 3.60. The number of imidazole rings is 1. The molecule has 0 saturated carbocycles. The van der Waals surface area contributed by atoms with Crippen LogP contribution in [0.25, 0.3) is 0 Å². The third-order valence-corrected chi connectivity index (χ3v) is 2.81. The first kappa shape index (κ1) is 12.1. The molecule has 5 nitrogen and oxygen atoms in total. The molecule has 0 fully saturated rings. The molecule has 0 aliphatic rings. The SMILES string of the molecule is COc1cccc(C(CN)n2ccnc2C#N)c1. The van der Waals surface area contributed by atoms with Crippen molar-refractivity contribution >= 4 is 0 Å². The van der Waals surface area contributed by atoms with Gasteiger partial charge in [-0.3, -0.25) is 0 Å². The van der Waals surface area contributed by atoms with Crippen LogP contribution >= 0.6 is 0 Å². The number of rotatable bonds is 4. The molecule has 0 saturated heterocycles. The average Bonchev–Trinajstić information content (AvgIpc) is 2.88. The Morgan fingerprint density at radius 2 is 2.39 bits per heavy atom. The molecule has 2 aromatic rings. The summed E-state index contributed by atoms with van der Waals surface area (Å²) in [6.07, 6.45) is 3.36. The van der Waals surface area contributed by atoms with Gasteiger partial charge in [0, 0.05) is 18.9 Å². The van der Waals surface area contributed by atoms with Crippen LogP contribution in [0.4, 0.5) is 0 Å². The maximum absolute atomic E-state index is 9.00. The molecule has 0 aliphatic carbocycles. The molecule has 1 aromatic carbocycles. The molecule has 1 unspecified atom stereocenters. The number of nitrogens with two attached hydrogens (primary N) is 1. The molecule has 0 spiro atoms. The number of nitrogens with zero attached hydrogens (tertiary/aromatic N) is 3. The second-order valence-electron chi connectivity index (χ2n) is 3.80. The molecule has 2 N–H and O–H groups in total. The van der Waals surface area contributed by atoms with E-state index in [-0.39, 0.29) is 6.04 Å². The normalized spacial score (nSPS) is 11.8. The van der Waals surface area contributed by atoms with Crippen molar-refractivity contribution in [2.75, 3.05) is 13.7 Å². The van der Waals surface area contributed by atoms with E-state index in [9.17, 15) is 0 Å². The van der Waals surface area contributed by atoms with Crippen LogP contribution in [0, 0.1) is 11.3 Å². The van der Waals surface area contributed by atoms with E-state index in [1.54, 1.807) is 24.1 Å². The second-order valence-corrected chi connectivity index (χ2v) is 3.80. The fourth-order valence-corrected chi connectivity index (χ4v) is 1.91. The van der Waals surface area contributed by atoms with Crippen molar-refractivity contribution < 1.29 is 4.74 Å². The van der Waals surface area contributed by atoms with Crippen LogP contribution < -0.4 is 10.5 Å². The molecule has 0 aliphatic heterocycles. The van der Waals surface area contributed by atoms with Gasteiger partial charge in [0.05, 0.1) is 13.2 Å². The first-order valence-electron chi connectivity index (χ1n) is 5.57. The predicted octanol–water partition coefficient (Wildman–Crippen LogP) is 1.31. The van der Waals surface area contributed by atoms with Gasteiger partial charge in [0.2, 0.25) is 5.82 Å². The summed E-state index contributed by atoms with van der Waals surface area (Å²) >= 11 is 0. The molecule has 0 radical (unpaired) electrons. The first-order valence-corrected chi connectivity index (χ1v) is 5.57. The standard InChI is InChI=1S/C13H14N4O/c1-18-11-4-2-3-10(7-11)12(8-14)17-6-5-16-13(17)9-15/h2-7,12H,8,14H2,1H3. The van der Waals surface area contributed by atoms with Gasteiger partial charge in [-0.1, -0.05) is 12.1 Å². The Balaban J connectivity index is 2.42. The van der Waals surface area contributed by atoms with E-state index in [1.165, 1.54) is 0 Å². The van der Waals surface area contributed by atoms with Crippen molar-refractivity contribution in [2.45, 2.75) is 6.04 Å². The zero-order chi connectivity index (χ0) is 13.0. The van der Waals surface area contributed by atoms with Gasteiger partial charge >= 0.3 is 0 Å². The van der Waals surface area contributed by atoms with Gasteiger partial charge in [-0.25, -0.2) is 4.98 Å². The van der Waals surface area contributed by atoms with E-state index in [0.717, 1.165) is 11.3 Å². The van der Waals surface area contributed by atoms with Gasteiger partial charge < -0.3 is 15.0 Å². The van der Waals surface area contributed by atoms with Crippen LogP contribution in [0.1, 0.15) is 17.4 Å². The summed E-state index contributed by atoms with van der Waals surface area (Å²) < 4.78 is 6.97. The van der Waals surface area contributed by atoms with Crippen LogP contribution in [0.3, 0.4) is 0 Å². The smallest absolute Gasteiger partial charge is 0.213 e. The summed E-state index contributed by atoms with van der Waals surface area (Å²) in [6.45, 7) is 0.387. The monoisotopic (exact) mass is 242 g/mol. The lowest BCUT2D eigenvalue weighted by atomic mass is 10.1. The summed E-state index contributed by atoms with van der Waals surface area (Å²) in [5, 5.41) is 9.00. The molecule has 18 heavy (non-hydrogen) atoms. The van der Waals surface area contributed by atoms with Gasteiger partial charge in [-0.2, -0.15) is 5.26 Å². The molecule has 1 heterocycles. The van der Waals surface area contributed by atoms with E-state index in [1.807, 2.05) is 24.3 Å². The van der Waals surface area contributed by atoms with Crippen molar-refractivity contribution in [2.24, 2.45) is 5.73 Å². The predicted molar refractivity (Wildman–Crippen MR) is 67.1 cm³/mol. The van der Waals surface area contributed by atoms with E-state index >= 15 is 0 Å². The van der Waals surface area contributed by atoms with Crippen molar-refractivity contribution in [3.8, 4) is 11.8 Å². The number of hydrogen-bond acceptors (Lipinski definition) is 4. The van der Waals surface area contributed by atoms with E-state index in [4.69, 9.17) is 15.7 Å². The Hall–Kier alpha value is -2.32. The third kappa shape index (κ3) is 2.19. The summed E-state index contributed by atoms with van der Waals surface area (Å²) in [5.74, 6) is 1.12. The third-order valence-electron chi connectivity index (χ3n) is 2.81. The Bertz CT molecular complexity index is 570. The first-order chi connectivity index (χ1) is 8.80. The molecule has 1 aromatic heterocycles. The second kappa shape index (κ2) is 5.34. The van der Waals surface area contributed by atoms with Gasteiger partial charge in [0.25, 0.3) is 0 Å². The molecule has 0 bridgehead atoms. The highest BCUT2D eigenvalue weighted by Crippen LogP contribution is 2.22. The van der Waals surface area contributed by atoms with Crippen molar-refractivity contribution in [3.05, 3.63) is 48.0 Å². The minimum Gasteiger partial charge on any atom is -0.497 e. The number of ether oxygens (including phenoxy) is 1. The molecule has 1 atom stereocenters. The summed E-state index contributed by atoms with van der Waals surface area (Å²) in [6, 6.07) is 9.59. The van der Waals surface area contributed by atoms with Crippen LogP contribution in [-0.2, 0) is 0 Å². The molecular weight excluding hydrogens is 228 g/mol. The van der Waals surface area contributed by atoms with Crippen LogP contribution in [-0.4, -0.2) is 23.2 Å². The Morgan fingerprint density at radius 3 is 3.06 bits per heavy atom. The highest BCUT2D eigenvalue weighted by molar-refractivity contribution is 5.32. The van der Waals surface area contributed by atoms with E-state index in [0.29, 0.717) is 12.4 Å². The summed E-state index contributed by atoms with van der Waals surface area (Å²) in [7, 11) is 1.62. The van der Waals surface area contributed by atoms with Gasteiger partial charge in [-0.05, 0) is 17.7 Å². The molecule has 5 heteroatoms. The maximum atomic E-state index is 9.00.